The largest absolute Gasteiger partial charge is 0.496 e. The number of methoxy groups -OCH3 is 2. The molecule has 6 rings (SSSR count). The van der Waals surface area contributed by atoms with Crippen LogP contribution in [0.1, 0.15) is 84.6 Å². The minimum Gasteiger partial charge on any atom is -0.496 e. The number of carbonyl (C=O) groups is 5. The van der Waals surface area contributed by atoms with Gasteiger partial charge >= 0.3 is 0 Å². The van der Waals surface area contributed by atoms with Crippen LogP contribution in [-0.4, -0.2) is 109 Å². The van der Waals surface area contributed by atoms with Gasteiger partial charge in [-0.3, -0.25) is 48.9 Å². The van der Waals surface area contributed by atoms with Crippen LogP contribution in [0.5, 0.6) is 11.5 Å². The lowest BCUT2D eigenvalue weighted by Crippen LogP contribution is -2.54. The Hall–Kier alpha value is -6.09. The van der Waals surface area contributed by atoms with E-state index in [1.165, 1.54) is 10.8 Å². The van der Waals surface area contributed by atoms with Crippen molar-refractivity contribution in [3.63, 3.8) is 0 Å². The number of aryl methyl sites for hydroxylation is 1. The number of anilines is 1. The number of piperidine rings is 1. The Kier molecular flexibility index (Phi) is 14.0. The van der Waals surface area contributed by atoms with E-state index in [0.717, 1.165) is 65.3 Å². The minimum absolute atomic E-state index is 0.0695. The lowest BCUT2D eigenvalue weighted by atomic mass is 9.96. The fourth-order valence-corrected chi connectivity index (χ4v) is 8.39. The van der Waals surface area contributed by atoms with Gasteiger partial charge in [-0.2, -0.15) is 0 Å². The van der Waals surface area contributed by atoms with Gasteiger partial charge in [0, 0.05) is 76.9 Å². The summed E-state index contributed by atoms with van der Waals surface area (Å²) >= 11 is 0. The van der Waals surface area contributed by atoms with Crippen LogP contribution in [0, 0.1) is 5.92 Å². The Bertz CT molecular complexity index is 2340. The van der Waals surface area contributed by atoms with Gasteiger partial charge in [-0.15, -0.1) is 0 Å². The molecule has 0 bridgehead atoms. The number of hydrogen-bond acceptors (Lipinski definition) is 11. The number of rotatable bonds is 18. The lowest BCUT2D eigenvalue weighted by molar-refractivity contribution is -0.140. The third-order valence-corrected chi connectivity index (χ3v) is 11.7. The molecule has 318 valence electrons. The van der Waals surface area contributed by atoms with Gasteiger partial charge in [-0.1, -0.05) is 37.8 Å². The number of fused-ring (bicyclic) bond motifs is 1. The highest BCUT2D eigenvalue weighted by Gasteiger charge is 2.45. The van der Waals surface area contributed by atoms with Crippen molar-refractivity contribution < 1.29 is 33.4 Å². The van der Waals surface area contributed by atoms with Crippen molar-refractivity contribution in [2.24, 2.45) is 18.0 Å². The number of unbranched alkanes of at least 4 members (excludes halogenated alkanes) is 5. The molecule has 15 heteroatoms. The molecule has 3 aliphatic rings. The smallest absolute Gasteiger partial charge is 0.264 e. The predicted octanol–water partition coefficient (Wildman–Crippen LogP) is 3.05. The Morgan fingerprint density at radius 2 is 1.65 bits per heavy atom. The van der Waals surface area contributed by atoms with Crippen LogP contribution < -0.4 is 36.1 Å². The van der Waals surface area contributed by atoms with Crippen LogP contribution >= 0.6 is 0 Å². The van der Waals surface area contributed by atoms with E-state index in [1.807, 2.05) is 37.1 Å². The molecule has 4 heterocycles. The first-order valence-corrected chi connectivity index (χ1v) is 20.5. The maximum Gasteiger partial charge on any atom is 0.264 e. The van der Waals surface area contributed by atoms with Gasteiger partial charge in [-0.25, -0.2) is 0 Å². The predicted molar refractivity (Wildman–Crippen MR) is 229 cm³/mol. The van der Waals surface area contributed by atoms with E-state index in [-0.39, 0.29) is 41.4 Å². The third-order valence-electron chi connectivity index (χ3n) is 11.7. The molecule has 1 atom stereocenters. The highest BCUT2D eigenvalue weighted by molar-refractivity contribution is 6.25. The zero-order chi connectivity index (χ0) is 43.1. The number of hydrogen-bond donors (Lipinski definition) is 2. The van der Waals surface area contributed by atoms with Crippen molar-refractivity contribution in [3.05, 3.63) is 74.0 Å². The second kappa shape index (κ2) is 19.3. The second-order valence-corrected chi connectivity index (χ2v) is 15.6. The summed E-state index contributed by atoms with van der Waals surface area (Å²) < 4.78 is 13.2. The Balaban J connectivity index is 0.913. The number of imide groups is 2. The van der Waals surface area contributed by atoms with Gasteiger partial charge in [-0.05, 0) is 68.0 Å². The highest BCUT2D eigenvalue weighted by Crippen LogP contribution is 2.37. The number of nitrogens with zero attached hydrogens (tertiary/aromatic N) is 5. The molecule has 0 aliphatic carbocycles. The van der Waals surface area contributed by atoms with E-state index >= 15 is 0 Å². The van der Waals surface area contributed by atoms with Crippen LogP contribution in [0.4, 0.5) is 5.69 Å². The van der Waals surface area contributed by atoms with Crippen molar-refractivity contribution >= 4 is 54.2 Å². The third kappa shape index (κ3) is 9.05. The summed E-state index contributed by atoms with van der Waals surface area (Å²) in [6, 6.07) is 7.98. The van der Waals surface area contributed by atoms with E-state index in [4.69, 9.17) is 9.47 Å². The molecule has 2 fully saturated rings. The minimum atomic E-state index is -0.995. The lowest BCUT2D eigenvalue weighted by Gasteiger charge is -2.40. The second-order valence-electron chi connectivity index (χ2n) is 15.6. The summed E-state index contributed by atoms with van der Waals surface area (Å²) in [4.78, 5) is 85.4. The maximum atomic E-state index is 13.3. The molecule has 2 saturated heterocycles. The SMILES string of the molecule is C=N/C=c1/c(=O)n(C)cc(-c2cc(OC)c(CN3CC(C(=O)N(C)CCCCCCCCNc4cccc5c4C(=O)N(C4CCC(=O)NC4=O)C5=O)C3)c(OC)c2)/c1=C/C. The maximum absolute atomic E-state index is 13.3. The van der Waals surface area contributed by atoms with E-state index in [2.05, 4.69) is 27.2 Å². The summed E-state index contributed by atoms with van der Waals surface area (Å²) in [6.07, 6.45) is 11.2. The number of aliphatic imine (C=N–C) groups is 1. The highest BCUT2D eigenvalue weighted by atomic mass is 16.5. The van der Waals surface area contributed by atoms with Gasteiger partial charge in [0.1, 0.15) is 17.5 Å². The quantitative estimate of drug-likeness (QED) is 0.110. The number of benzene rings is 2. The topological polar surface area (TPSA) is 172 Å². The molecule has 5 amide bonds. The summed E-state index contributed by atoms with van der Waals surface area (Å²) in [5, 5.41) is 6.73. The standard InChI is InChI=1S/C45H55N7O8/c1-7-30-32(23-46-2)43(56)50(4)26-33(30)28-21-37(59-5)34(38(22-28)60-6)27-51-24-29(25-51)42(55)49(3)20-13-11-9-8-10-12-19-47-35-16-14-15-31-40(35)45(58)52(44(31)57)36-17-18-39(53)48-41(36)54/h7,14-16,21-23,26,29,36,47H,2,8-13,17-20,24-25,27H2,1,3-6H3,(H,48,53,54)/b30-7+,32-23+. The number of carbonyl (C=O) groups excluding carboxylic acids is 5. The molecule has 0 saturated carbocycles. The van der Waals surface area contributed by atoms with Crippen LogP contribution in [0.2, 0.25) is 0 Å². The number of ether oxygens (including phenoxy) is 2. The number of aromatic nitrogens is 1. The Morgan fingerprint density at radius 3 is 2.30 bits per heavy atom. The van der Waals surface area contributed by atoms with Crippen LogP contribution in [0.15, 0.2) is 46.3 Å². The summed E-state index contributed by atoms with van der Waals surface area (Å²) in [5.41, 5.74) is 3.48. The van der Waals surface area contributed by atoms with Crippen molar-refractivity contribution in [2.75, 3.05) is 52.8 Å². The first-order valence-electron chi connectivity index (χ1n) is 20.5. The summed E-state index contributed by atoms with van der Waals surface area (Å²) in [5.74, 6) is -0.670. The molecule has 60 heavy (non-hydrogen) atoms. The van der Waals surface area contributed by atoms with E-state index < -0.39 is 29.7 Å². The van der Waals surface area contributed by atoms with Gasteiger partial charge in [0.15, 0.2) is 0 Å². The molecule has 0 radical (unpaired) electrons. The summed E-state index contributed by atoms with van der Waals surface area (Å²) in [7, 11) is 6.83. The molecule has 2 aromatic carbocycles. The van der Waals surface area contributed by atoms with Crippen molar-refractivity contribution in [3.8, 4) is 22.6 Å². The molecule has 15 nitrogen and oxygen atoms in total. The zero-order valence-electron chi connectivity index (χ0n) is 35.2. The summed E-state index contributed by atoms with van der Waals surface area (Å²) in [6.45, 7) is 8.58. The molecule has 3 aliphatic heterocycles. The Labute approximate surface area is 349 Å². The van der Waals surface area contributed by atoms with Gasteiger partial charge < -0.3 is 24.3 Å². The van der Waals surface area contributed by atoms with Crippen molar-refractivity contribution in [2.45, 2.75) is 70.9 Å². The monoisotopic (exact) mass is 821 g/mol. The molecule has 3 aromatic rings. The van der Waals surface area contributed by atoms with E-state index in [9.17, 15) is 28.8 Å². The van der Waals surface area contributed by atoms with Crippen LogP contribution in [-0.2, 0) is 28.0 Å². The first-order chi connectivity index (χ1) is 28.9. The number of likely N-dealkylation sites (tertiary alicyclic amines) is 1. The first kappa shape index (κ1) is 43.5. The average molecular weight is 822 g/mol. The zero-order valence-corrected chi connectivity index (χ0v) is 35.2. The molecule has 1 unspecified atom stereocenters. The van der Waals surface area contributed by atoms with Crippen molar-refractivity contribution in [1.29, 1.82) is 0 Å². The van der Waals surface area contributed by atoms with Gasteiger partial charge in [0.25, 0.3) is 17.4 Å². The molecule has 0 spiro atoms. The van der Waals surface area contributed by atoms with Crippen LogP contribution in [0.25, 0.3) is 23.4 Å². The van der Waals surface area contributed by atoms with Crippen molar-refractivity contribution in [1.82, 2.24) is 24.6 Å². The Morgan fingerprint density at radius 1 is 0.967 bits per heavy atom. The fraction of sp³-hybridized carbons (Fsp3) is 0.444. The number of nitrogens with one attached hydrogen (secondary N) is 2. The average Bonchev–Trinajstić information content (AvgIpc) is 3.48. The molecule has 2 N–H and O–H groups in total. The number of amides is 5. The van der Waals surface area contributed by atoms with Crippen LogP contribution in [0.3, 0.4) is 0 Å². The van der Waals surface area contributed by atoms with Gasteiger partial charge in [0.05, 0.1) is 42.0 Å². The normalized spacial score (nSPS) is 17.4. The van der Waals surface area contributed by atoms with E-state index in [1.54, 1.807) is 45.7 Å². The van der Waals surface area contributed by atoms with Gasteiger partial charge in [0.2, 0.25) is 17.7 Å². The molecular weight excluding hydrogens is 767 g/mol. The van der Waals surface area contributed by atoms with E-state index in [0.29, 0.717) is 55.1 Å². The fourth-order valence-electron chi connectivity index (χ4n) is 8.39. The number of pyridine rings is 1. The molecular formula is C45H55N7O8. The molecule has 1 aromatic heterocycles.